The average molecular weight is 697 g/mol. The first kappa shape index (κ1) is 36.8. The maximum atomic E-state index is 12.7. The summed E-state index contributed by atoms with van der Waals surface area (Å²) >= 11 is 2.56. The number of piperidine rings is 2. The number of ether oxygens (including phenoxy) is 4. The maximum absolute atomic E-state index is 12.7. The molecule has 2 amide bonds. The number of rotatable bonds is 11. The first-order valence-electron chi connectivity index (χ1n) is 15.9. The Balaban J connectivity index is 1.17. The van der Waals surface area contributed by atoms with Gasteiger partial charge >= 0.3 is 23.9 Å². The molecule has 260 valence electrons. The van der Waals surface area contributed by atoms with Gasteiger partial charge in [0, 0.05) is 14.1 Å². The smallest absolute Gasteiger partial charge is 0.347 e. The summed E-state index contributed by atoms with van der Waals surface area (Å²) in [5, 5.41) is 0.104. The summed E-state index contributed by atoms with van der Waals surface area (Å²) in [5.41, 5.74) is 0. The van der Waals surface area contributed by atoms with Crippen molar-refractivity contribution in [3.05, 3.63) is 22.2 Å². The molecule has 16 heteroatoms. The van der Waals surface area contributed by atoms with Gasteiger partial charge in [0.1, 0.15) is 23.5 Å². The Morgan fingerprint density at radius 2 is 1.09 bits per heavy atom. The Labute approximate surface area is 283 Å². The second-order valence-corrected chi connectivity index (χ2v) is 14.1. The SMILES string of the molecule is CC(COC(=O)C(C)OC(=O)/C=C1\SC(N2CCCCC2)C(=O)N1C)OC(=O)C(C)OC(=O)/C=C1/SC(N2CCCCC2)C(=O)N1C. The molecule has 4 aliphatic heterocycles. The molecular weight excluding hydrogens is 652 g/mol. The summed E-state index contributed by atoms with van der Waals surface area (Å²) in [5.74, 6) is -3.51. The summed E-state index contributed by atoms with van der Waals surface area (Å²) in [6.45, 7) is 7.16. The van der Waals surface area contributed by atoms with Crippen molar-refractivity contribution >= 4 is 59.2 Å². The molecule has 5 atom stereocenters. The van der Waals surface area contributed by atoms with E-state index in [1.54, 1.807) is 14.1 Å². The molecular formula is C31H44N4O10S2. The fraction of sp³-hybridized carbons (Fsp3) is 0.677. The molecule has 4 heterocycles. The molecule has 0 aromatic heterocycles. The lowest BCUT2D eigenvalue weighted by Gasteiger charge is -2.29. The van der Waals surface area contributed by atoms with Gasteiger partial charge in [-0.2, -0.15) is 0 Å². The van der Waals surface area contributed by atoms with Crippen molar-refractivity contribution in [3.63, 3.8) is 0 Å². The van der Waals surface area contributed by atoms with Crippen LogP contribution >= 0.6 is 23.5 Å². The molecule has 4 rings (SSSR count). The summed E-state index contributed by atoms with van der Waals surface area (Å²) in [4.78, 5) is 82.5. The van der Waals surface area contributed by atoms with Crippen molar-refractivity contribution in [2.24, 2.45) is 0 Å². The van der Waals surface area contributed by atoms with Crippen LogP contribution in [-0.4, -0.2) is 131 Å². The van der Waals surface area contributed by atoms with Gasteiger partial charge in [-0.3, -0.25) is 19.4 Å². The third kappa shape index (κ3) is 9.74. The summed E-state index contributed by atoms with van der Waals surface area (Å²) in [7, 11) is 3.19. The van der Waals surface area contributed by atoms with Crippen molar-refractivity contribution in [1.82, 2.24) is 19.6 Å². The van der Waals surface area contributed by atoms with Gasteiger partial charge < -0.3 is 28.7 Å². The van der Waals surface area contributed by atoms with Gasteiger partial charge in [0.05, 0.1) is 22.2 Å². The first-order valence-corrected chi connectivity index (χ1v) is 17.7. The minimum atomic E-state index is -1.26. The molecule has 0 aromatic carbocycles. The highest BCUT2D eigenvalue weighted by atomic mass is 32.2. The van der Waals surface area contributed by atoms with Gasteiger partial charge in [-0.1, -0.05) is 36.4 Å². The molecule has 4 saturated heterocycles. The third-order valence-electron chi connectivity index (χ3n) is 8.16. The summed E-state index contributed by atoms with van der Waals surface area (Å²) < 4.78 is 20.8. The fourth-order valence-corrected chi connectivity index (χ4v) is 7.94. The van der Waals surface area contributed by atoms with E-state index in [4.69, 9.17) is 18.9 Å². The quantitative estimate of drug-likeness (QED) is 0.176. The van der Waals surface area contributed by atoms with Crippen LogP contribution in [0.4, 0.5) is 0 Å². The number of hydrogen-bond donors (Lipinski definition) is 0. The Bertz CT molecular complexity index is 1280. The molecule has 0 spiro atoms. The van der Waals surface area contributed by atoms with E-state index >= 15 is 0 Å². The molecule has 0 aliphatic carbocycles. The minimum absolute atomic E-state index is 0.105. The van der Waals surface area contributed by atoms with Crippen LogP contribution in [0.1, 0.15) is 59.3 Å². The molecule has 5 unspecified atom stereocenters. The van der Waals surface area contributed by atoms with E-state index < -0.39 is 42.2 Å². The van der Waals surface area contributed by atoms with Crippen molar-refractivity contribution in [3.8, 4) is 0 Å². The largest absolute Gasteiger partial charge is 0.459 e. The van der Waals surface area contributed by atoms with Gasteiger partial charge in [-0.05, 0) is 72.6 Å². The molecule has 0 saturated carbocycles. The highest BCUT2D eigenvalue weighted by Crippen LogP contribution is 2.38. The highest BCUT2D eigenvalue weighted by Gasteiger charge is 2.40. The molecule has 0 radical (unpaired) electrons. The molecule has 4 aliphatic rings. The topological polar surface area (TPSA) is 152 Å². The second-order valence-electron chi connectivity index (χ2n) is 11.9. The molecule has 0 bridgehead atoms. The fourth-order valence-electron chi connectivity index (χ4n) is 5.42. The summed E-state index contributed by atoms with van der Waals surface area (Å²) in [6, 6.07) is 0. The lowest BCUT2D eigenvalue weighted by molar-refractivity contribution is -0.174. The number of hydrogen-bond acceptors (Lipinski definition) is 14. The number of esters is 4. The van der Waals surface area contributed by atoms with Crippen LogP contribution < -0.4 is 0 Å². The van der Waals surface area contributed by atoms with Crippen LogP contribution in [0.25, 0.3) is 0 Å². The molecule has 47 heavy (non-hydrogen) atoms. The van der Waals surface area contributed by atoms with E-state index in [0.717, 1.165) is 64.7 Å². The van der Waals surface area contributed by atoms with Crippen LogP contribution in [0.3, 0.4) is 0 Å². The van der Waals surface area contributed by atoms with Crippen LogP contribution in [-0.2, 0) is 47.7 Å². The lowest BCUT2D eigenvalue weighted by Crippen LogP contribution is -2.42. The van der Waals surface area contributed by atoms with Crippen LogP contribution in [0.2, 0.25) is 0 Å². The van der Waals surface area contributed by atoms with Gasteiger partial charge in [0.25, 0.3) is 11.8 Å². The van der Waals surface area contributed by atoms with Crippen molar-refractivity contribution < 1.29 is 47.7 Å². The number of carbonyl (C=O) groups is 6. The normalized spacial score (nSPS) is 26.3. The van der Waals surface area contributed by atoms with E-state index in [1.807, 2.05) is 0 Å². The zero-order chi connectivity index (χ0) is 34.2. The number of thioether (sulfide) groups is 2. The minimum Gasteiger partial charge on any atom is -0.459 e. The van der Waals surface area contributed by atoms with Crippen LogP contribution in [0.15, 0.2) is 22.2 Å². The zero-order valence-corrected chi connectivity index (χ0v) is 29.1. The molecule has 0 aromatic rings. The van der Waals surface area contributed by atoms with Gasteiger partial charge in [0.15, 0.2) is 12.2 Å². The average Bonchev–Trinajstić information content (AvgIpc) is 3.49. The number of likely N-dealkylation sites (N-methyl/N-ethyl adjacent to an activating group) is 2. The van der Waals surface area contributed by atoms with Gasteiger partial charge in [0.2, 0.25) is 0 Å². The molecule has 14 nitrogen and oxygen atoms in total. The lowest BCUT2D eigenvalue weighted by atomic mass is 10.1. The van der Waals surface area contributed by atoms with E-state index in [0.29, 0.717) is 10.1 Å². The standard InChI is InChI=1S/C31H44N4O10S2/c1-19(43-31(41)21(3)45-25(37)17-23-33(5)27(39)29(47-23)35-14-10-7-11-15-35)18-42-30(40)20(2)44-24(36)16-22-32(4)26(38)28(46-22)34-12-8-6-9-13-34/h16-17,19-21,28-29H,6-15,18H2,1-5H3/b22-16-,23-17+. The van der Waals surface area contributed by atoms with E-state index in [2.05, 4.69) is 9.80 Å². The maximum Gasteiger partial charge on any atom is 0.347 e. The number of nitrogens with zero attached hydrogens (tertiary/aromatic N) is 4. The predicted octanol–water partition coefficient (Wildman–Crippen LogP) is 2.04. The third-order valence-corrected chi connectivity index (χ3v) is 10.9. The van der Waals surface area contributed by atoms with Gasteiger partial charge in [-0.15, -0.1) is 0 Å². The molecule has 4 fully saturated rings. The van der Waals surface area contributed by atoms with E-state index in [-0.39, 0.29) is 29.2 Å². The zero-order valence-electron chi connectivity index (χ0n) is 27.5. The Morgan fingerprint density at radius 1 is 0.681 bits per heavy atom. The first-order chi connectivity index (χ1) is 22.3. The van der Waals surface area contributed by atoms with Gasteiger partial charge in [-0.25, -0.2) is 19.2 Å². The Hall–Kier alpha value is -3.08. The van der Waals surface area contributed by atoms with Crippen molar-refractivity contribution in [2.45, 2.75) is 88.4 Å². The second kappa shape index (κ2) is 16.8. The van der Waals surface area contributed by atoms with Crippen LogP contribution in [0.5, 0.6) is 0 Å². The number of amides is 2. The highest BCUT2D eigenvalue weighted by molar-refractivity contribution is 8.05. The monoisotopic (exact) mass is 696 g/mol. The number of carbonyl (C=O) groups excluding carboxylic acids is 6. The summed E-state index contributed by atoms with van der Waals surface area (Å²) in [6.07, 6.45) is 5.34. The Kier molecular flexibility index (Phi) is 13.2. The van der Waals surface area contributed by atoms with Crippen LogP contribution in [0, 0.1) is 0 Å². The van der Waals surface area contributed by atoms with E-state index in [1.165, 1.54) is 66.2 Å². The van der Waals surface area contributed by atoms with Crippen molar-refractivity contribution in [1.29, 1.82) is 0 Å². The Morgan fingerprint density at radius 3 is 1.51 bits per heavy atom. The number of likely N-dealkylation sites (tertiary alicyclic amines) is 2. The molecule has 0 N–H and O–H groups in total. The predicted molar refractivity (Wildman–Crippen MR) is 173 cm³/mol. The van der Waals surface area contributed by atoms with Crippen molar-refractivity contribution in [2.75, 3.05) is 46.9 Å². The van der Waals surface area contributed by atoms with E-state index in [9.17, 15) is 28.8 Å².